The van der Waals surface area contributed by atoms with E-state index < -0.39 is 0 Å². The van der Waals surface area contributed by atoms with Crippen LogP contribution in [-0.2, 0) is 14.3 Å². The van der Waals surface area contributed by atoms with Crippen molar-refractivity contribution in [2.45, 2.75) is 90.9 Å². The van der Waals surface area contributed by atoms with Crippen molar-refractivity contribution in [3.8, 4) is 0 Å². The van der Waals surface area contributed by atoms with Crippen molar-refractivity contribution >= 4 is 11.9 Å². The van der Waals surface area contributed by atoms with Crippen LogP contribution in [0.15, 0.2) is 12.2 Å². The summed E-state index contributed by atoms with van der Waals surface area (Å²) in [7, 11) is 0. The SMILES string of the molecule is CCCCCCCCCCCCC=CC(C)C1CC(=O)OC1=O. The molecule has 0 bridgehead atoms. The highest BCUT2D eigenvalue weighted by Gasteiger charge is 2.36. The molecule has 1 heterocycles. The normalized spacial score (nSPS) is 19.5. The zero-order valence-corrected chi connectivity index (χ0v) is 15.0. The average molecular weight is 322 g/mol. The lowest BCUT2D eigenvalue weighted by Crippen LogP contribution is -2.14. The summed E-state index contributed by atoms with van der Waals surface area (Å²) in [4.78, 5) is 22.5. The Kier molecular flexibility index (Phi) is 10.7. The van der Waals surface area contributed by atoms with Crippen molar-refractivity contribution in [2.24, 2.45) is 11.8 Å². The molecule has 0 N–H and O–H groups in total. The molecule has 2 unspecified atom stereocenters. The van der Waals surface area contributed by atoms with E-state index in [2.05, 4.69) is 23.8 Å². The van der Waals surface area contributed by atoms with E-state index in [4.69, 9.17) is 0 Å². The second-order valence-corrected chi connectivity index (χ2v) is 6.86. The van der Waals surface area contributed by atoms with E-state index in [1.54, 1.807) is 0 Å². The number of hydrogen-bond acceptors (Lipinski definition) is 3. The zero-order valence-electron chi connectivity index (χ0n) is 15.0. The molecule has 0 aromatic rings. The smallest absolute Gasteiger partial charge is 0.317 e. The molecule has 3 heteroatoms. The highest BCUT2D eigenvalue weighted by molar-refractivity contribution is 5.94. The van der Waals surface area contributed by atoms with Crippen molar-refractivity contribution in [1.82, 2.24) is 0 Å². The third-order valence-electron chi connectivity index (χ3n) is 4.70. The van der Waals surface area contributed by atoms with Gasteiger partial charge in [-0.15, -0.1) is 0 Å². The van der Waals surface area contributed by atoms with Crippen molar-refractivity contribution in [3.63, 3.8) is 0 Å². The molecule has 0 amide bonds. The molecule has 0 aromatic heterocycles. The molecule has 0 aromatic carbocycles. The first-order chi connectivity index (χ1) is 11.1. The summed E-state index contributed by atoms with van der Waals surface area (Å²) in [6, 6.07) is 0. The predicted octanol–water partition coefficient (Wildman–Crippen LogP) is 5.58. The molecule has 3 nitrogen and oxygen atoms in total. The lowest BCUT2D eigenvalue weighted by molar-refractivity contribution is -0.153. The molecule has 0 spiro atoms. The molecule has 132 valence electrons. The maximum absolute atomic E-state index is 11.5. The number of carbonyl (C=O) groups excluding carboxylic acids is 2. The van der Waals surface area contributed by atoms with E-state index in [1.165, 1.54) is 64.2 Å². The Balaban J connectivity index is 1.94. The standard InChI is InChI=1S/C20H34O3/c1-3-4-5-6-7-8-9-10-11-12-13-14-15-17(2)18-16-19(21)23-20(18)22/h14-15,17-18H,3-13,16H2,1-2H3. The molecule has 1 fully saturated rings. The van der Waals surface area contributed by atoms with Crippen molar-refractivity contribution in [1.29, 1.82) is 0 Å². The summed E-state index contributed by atoms with van der Waals surface area (Å²) in [6.07, 6.45) is 19.0. The fourth-order valence-electron chi connectivity index (χ4n) is 3.09. The van der Waals surface area contributed by atoms with Crippen LogP contribution < -0.4 is 0 Å². The van der Waals surface area contributed by atoms with Crippen LogP contribution in [0.4, 0.5) is 0 Å². The molecule has 1 rings (SSSR count). The van der Waals surface area contributed by atoms with E-state index in [0.717, 1.165) is 6.42 Å². The number of rotatable bonds is 13. The van der Waals surface area contributed by atoms with Crippen LogP contribution in [0.1, 0.15) is 90.9 Å². The fraction of sp³-hybridized carbons (Fsp3) is 0.800. The number of esters is 2. The summed E-state index contributed by atoms with van der Waals surface area (Å²) >= 11 is 0. The molecule has 1 aliphatic heterocycles. The van der Waals surface area contributed by atoms with Crippen LogP contribution >= 0.6 is 0 Å². The summed E-state index contributed by atoms with van der Waals surface area (Å²) < 4.78 is 4.60. The molecule has 1 aliphatic rings. The molecular weight excluding hydrogens is 288 g/mol. The van der Waals surface area contributed by atoms with Gasteiger partial charge in [-0.05, 0) is 18.8 Å². The Morgan fingerprint density at radius 2 is 1.57 bits per heavy atom. The summed E-state index contributed by atoms with van der Waals surface area (Å²) in [6.45, 7) is 4.24. The van der Waals surface area contributed by atoms with Crippen LogP contribution in [0.25, 0.3) is 0 Å². The molecule has 2 atom stereocenters. The Hall–Kier alpha value is -1.12. The Morgan fingerprint density at radius 1 is 1.00 bits per heavy atom. The van der Waals surface area contributed by atoms with E-state index in [1.807, 2.05) is 6.92 Å². The summed E-state index contributed by atoms with van der Waals surface area (Å²) in [5.41, 5.74) is 0. The summed E-state index contributed by atoms with van der Waals surface area (Å²) in [5, 5.41) is 0. The van der Waals surface area contributed by atoms with Gasteiger partial charge in [0.2, 0.25) is 0 Å². The third kappa shape index (κ3) is 8.92. The number of cyclic esters (lactones) is 2. The lowest BCUT2D eigenvalue weighted by Gasteiger charge is -2.09. The predicted molar refractivity (Wildman–Crippen MR) is 94.0 cm³/mol. The van der Waals surface area contributed by atoms with Gasteiger partial charge in [-0.25, -0.2) is 0 Å². The monoisotopic (exact) mass is 322 g/mol. The molecule has 0 radical (unpaired) electrons. The minimum absolute atomic E-state index is 0.0945. The van der Waals surface area contributed by atoms with Crippen LogP contribution in [0.5, 0.6) is 0 Å². The van der Waals surface area contributed by atoms with E-state index in [0.29, 0.717) is 0 Å². The number of carbonyl (C=O) groups is 2. The van der Waals surface area contributed by atoms with Crippen molar-refractivity contribution < 1.29 is 14.3 Å². The van der Waals surface area contributed by atoms with Crippen molar-refractivity contribution in [3.05, 3.63) is 12.2 Å². The van der Waals surface area contributed by atoms with Gasteiger partial charge >= 0.3 is 11.9 Å². The third-order valence-corrected chi connectivity index (χ3v) is 4.70. The van der Waals surface area contributed by atoms with Crippen molar-refractivity contribution in [2.75, 3.05) is 0 Å². The van der Waals surface area contributed by atoms with Crippen LogP contribution in [0.3, 0.4) is 0 Å². The molecule has 0 aliphatic carbocycles. The van der Waals surface area contributed by atoms with Gasteiger partial charge < -0.3 is 4.74 Å². The van der Waals surface area contributed by atoms with Gasteiger partial charge in [0.1, 0.15) is 0 Å². The van der Waals surface area contributed by atoms with Gasteiger partial charge in [-0.3, -0.25) is 9.59 Å². The minimum Gasteiger partial charge on any atom is -0.393 e. The molecule has 1 saturated heterocycles. The fourth-order valence-corrected chi connectivity index (χ4v) is 3.09. The van der Waals surface area contributed by atoms with Gasteiger partial charge in [0, 0.05) is 0 Å². The lowest BCUT2D eigenvalue weighted by atomic mass is 9.92. The molecular formula is C20H34O3. The Bertz CT molecular complexity index is 373. The number of allylic oxidation sites excluding steroid dienone is 2. The Morgan fingerprint density at radius 3 is 2.09 bits per heavy atom. The van der Waals surface area contributed by atoms with E-state index in [9.17, 15) is 9.59 Å². The van der Waals surface area contributed by atoms with Gasteiger partial charge in [-0.1, -0.05) is 83.8 Å². The molecule has 23 heavy (non-hydrogen) atoms. The van der Waals surface area contributed by atoms with Crippen LogP contribution in [0.2, 0.25) is 0 Å². The number of hydrogen-bond donors (Lipinski definition) is 0. The summed E-state index contributed by atoms with van der Waals surface area (Å²) in [5.74, 6) is -0.912. The molecule has 0 saturated carbocycles. The largest absolute Gasteiger partial charge is 0.393 e. The first-order valence-electron chi connectivity index (χ1n) is 9.56. The highest BCUT2D eigenvalue weighted by Crippen LogP contribution is 2.25. The van der Waals surface area contributed by atoms with E-state index >= 15 is 0 Å². The van der Waals surface area contributed by atoms with Crippen LogP contribution in [0, 0.1) is 11.8 Å². The van der Waals surface area contributed by atoms with E-state index in [-0.39, 0.29) is 30.2 Å². The zero-order chi connectivity index (χ0) is 16.9. The van der Waals surface area contributed by atoms with Gasteiger partial charge in [0.05, 0.1) is 12.3 Å². The topological polar surface area (TPSA) is 43.4 Å². The van der Waals surface area contributed by atoms with Crippen LogP contribution in [-0.4, -0.2) is 11.9 Å². The quantitative estimate of drug-likeness (QED) is 0.192. The van der Waals surface area contributed by atoms with Gasteiger partial charge in [0.15, 0.2) is 0 Å². The second kappa shape index (κ2) is 12.3. The average Bonchev–Trinajstić information content (AvgIpc) is 2.87. The number of unbranched alkanes of at least 4 members (excludes halogenated alkanes) is 10. The highest BCUT2D eigenvalue weighted by atomic mass is 16.6. The maximum atomic E-state index is 11.5. The van der Waals surface area contributed by atoms with Gasteiger partial charge in [0.25, 0.3) is 0 Å². The maximum Gasteiger partial charge on any atom is 0.317 e. The van der Waals surface area contributed by atoms with Gasteiger partial charge in [-0.2, -0.15) is 0 Å². The number of ether oxygens (including phenoxy) is 1. The first kappa shape index (κ1) is 19.9. The Labute approximate surface area is 141 Å². The first-order valence-corrected chi connectivity index (χ1v) is 9.56. The minimum atomic E-state index is -0.380. The second-order valence-electron chi connectivity index (χ2n) is 6.86.